The van der Waals surface area contributed by atoms with Crippen LogP contribution in [0.4, 0.5) is 4.39 Å². The van der Waals surface area contributed by atoms with Crippen LogP contribution in [0.5, 0.6) is 5.75 Å². The Balaban J connectivity index is 1.45. The van der Waals surface area contributed by atoms with E-state index in [0.717, 1.165) is 41.6 Å². The Labute approximate surface area is 164 Å². The summed E-state index contributed by atoms with van der Waals surface area (Å²) in [6.45, 7) is 2.27. The van der Waals surface area contributed by atoms with Crippen LogP contribution in [0.15, 0.2) is 36.5 Å². The maximum absolute atomic E-state index is 13.8. The Morgan fingerprint density at radius 1 is 1.11 bits per heavy atom. The number of halogens is 1. The third-order valence-corrected chi connectivity index (χ3v) is 6.23. The molecule has 6 heteroatoms. The van der Waals surface area contributed by atoms with Gasteiger partial charge in [-0.15, -0.1) is 0 Å². The number of fused-ring (bicyclic) bond motifs is 1. The fourth-order valence-electron chi connectivity index (χ4n) is 4.44. The minimum absolute atomic E-state index is 0.284. The van der Waals surface area contributed by atoms with Crippen molar-refractivity contribution in [2.75, 3.05) is 20.2 Å². The lowest BCUT2D eigenvalue weighted by Crippen LogP contribution is -2.45. The molecule has 0 bridgehead atoms. The number of nitrogens with zero attached hydrogens (tertiary/aromatic N) is 4. The Morgan fingerprint density at radius 2 is 2.00 bits per heavy atom. The van der Waals surface area contributed by atoms with Gasteiger partial charge in [0.15, 0.2) is 11.5 Å². The first kappa shape index (κ1) is 17.6. The van der Waals surface area contributed by atoms with E-state index in [9.17, 15) is 4.39 Å². The number of piperidine rings is 1. The number of benzene rings is 1. The van der Waals surface area contributed by atoms with Crippen LogP contribution in [0.3, 0.4) is 0 Å². The summed E-state index contributed by atoms with van der Waals surface area (Å²) < 4.78 is 21.0. The molecule has 1 saturated heterocycles. The number of rotatable bonds is 4. The minimum Gasteiger partial charge on any atom is -0.496 e. The summed E-state index contributed by atoms with van der Waals surface area (Å²) in [5.41, 5.74) is 2.41. The molecule has 2 fully saturated rings. The summed E-state index contributed by atoms with van der Waals surface area (Å²) in [7, 11) is 1.60. The standard InChI is InChI=1S/C22H25FN4O/c1-28-20-9-8-17(23)12-19(20)15-7-10-21-24-22(25-27(21)14-15)16-4-3-11-26(13-16)18-5-2-6-18/h7-10,12,14,16,18H,2-6,11,13H2,1H3/t16-/m0/s1. The van der Waals surface area contributed by atoms with E-state index in [1.165, 1.54) is 44.4 Å². The van der Waals surface area contributed by atoms with E-state index in [1.807, 2.05) is 22.8 Å². The van der Waals surface area contributed by atoms with Gasteiger partial charge in [-0.1, -0.05) is 6.42 Å². The van der Waals surface area contributed by atoms with Crippen LogP contribution in [0.1, 0.15) is 43.8 Å². The molecule has 1 aliphatic carbocycles. The molecule has 1 aliphatic heterocycles. The molecule has 0 amide bonds. The van der Waals surface area contributed by atoms with Gasteiger partial charge in [0.1, 0.15) is 11.6 Å². The van der Waals surface area contributed by atoms with Gasteiger partial charge in [-0.2, -0.15) is 5.10 Å². The van der Waals surface area contributed by atoms with Crippen molar-refractivity contribution < 1.29 is 9.13 Å². The highest BCUT2D eigenvalue weighted by molar-refractivity contribution is 5.71. The van der Waals surface area contributed by atoms with E-state index in [2.05, 4.69) is 4.90 Å². The summed E-state index contributed by atoms with van der Waals surface area (Å²) in [6, 6.07) is 9.22. The lowest BCUT2D eigenvalue weighted by Gasteiger charge is -2.41. The zero-order chi connectivity index (χ0) is 19.1. The van der Waals surface area contributed by atoms with Crippen molar-refractivity contribution in [2.24, 2.45) is 0 Å². The molecule has 2 aromatic heterocycles. The summed E-state index contributed by atoms with van der Waals surface area (Å²) in [5, 5.41) is 4.78. The Hall–Kier alpha value is -2.47. The molecule has 146 valence electrons. The molecule has 5 nitrogen and oxygen atoms in total. The first-order valence-electron chi connectivity index (χ1n) is 10.2. The number of hydrogen-bond donors (Lipinski definition) is 0. The monoisotopic (exact) mass is 380 g/mol. The Morgan fingerprint density at radius 3 is 2.79 bits per heavy atom. The van der Waals surface area contributed by atoms with Crippen LogP contribution < -0.4 is 4.74 Å². The molecular weight excluding hydrogens is 355 g/mol. The number of hydrogen-bond acceptors (Lipinski definition) is 4. The second-order valence-corrected chi connectivity index (χ2v) is 7.95. The van der Waals surface area contributed by atoms with Crippen LogP contribution in [0.25, 0.3) is 16.8 Å². The van der Waals surface area contributed by atoms with Crippen molar-refractivity contribution in [3.05, 3.63) is 48.2 Å². The van der Waals surface area contributed by atoms with E-state index in [0.29, 0.717) is 11.7 Å². The van der Waals surface area contributed by atoms with Gasteiger partial charge in [-0.05, 0) is 62.6 Å². The van der Waals surface area contributed by atoms with E-state index in [1.54, 1.807) is 13.2 Å². The lowest BCUT2D eigenvalue weighted by molar-refractivity contribution is 0.0929. The van der Waals surface area contributed by atoms with Gasteiger partial charge in [-0.3, -0.25) is 4.90 Å². The molecule has 1 atom stereocenters. The summed E-state index contributed by atoms with van der Waals surface area (Å²) in [4.78, 5) is 7.42. The van der Waals surface area contributed by atoms with E-state index >= 15 is 0 Å². The van der Waals surface area contributed by atoms with Crippen molar-refractivity contribution in [3.8, 4) is 16.9 Å². The van der Waals surface area contributed by atoms with Gasteiger partial charge >= 0.3 is 0 Å². The number of likely N-dealkylation sites (tertiary alicyclic amines) is 1. The average molecular weight is 380 g/mol. The van der Waals surface area contributed by atoms with Crippen molar-refractivity contribution in [3.63, 3.8) is 0 Å². The summed E-state index contributed by atoms with van der Waals surface area (Å²) >= 11 is 0. The minimum atomic E-state index is -0.284. The number of ether oxygens (including phenoxy) is 1. The van der Waals surface area contributed by atoms with E-state index < -0.39 is 0 Å². The van der Waals surface area contributed by atoms with Gasteiger partial charge in [0, 0.05) is 35.8 Å². The molecule has 1 aromatic carbocycles. The molecule has 0 radical (unpaired) electrons. The molecule has 2 aliphatic rings. The highest BCUT2D eigenvalue weighted by Crippen LogP contribution is 2.33. The number of pyridine rings is 1. The third kappa shape index (κ3) is 3.15. The first-order chi connectivity index (χ1) is 13.7. The maximum Gasteiger partial charge on any atom is 0.156 e. The number of methoxy groups -OCH3 is 1. The zero-order valence-corrected chi connectivity index (χ0v) is 16.1. The van der Waals surface area contributed by atoms with E-state index in [4.69, 9.17) is 14.8 Å². The smallest absolute Gasteiger partial charge is 0.156 e. The van der Waals surface area contributed by atoms with Crippen LogP contribution in [-0.2, 0) is 0 Å². The quantitative estimate of drug-likeness (QED) is 0.678. The highest BCUT2D eigenvalue weighted by Gasteiger charge is 2.31. The summed E-state index contributed by atoms with van der Waals surface area (Å²) in [6.07, 6.45) is 8.31. The van der Waals surface area contributed by atoms with Gasteiger partial charge in [0.2, 0.25) is 0 Å². The molecule has 3 aromatic rings. The normalized spacial score (nSPS) is 21.0. The molecule has 1 saturated carbocycles. The van der Waals surface area contributed by atoms with Crippen LogP contribution in [0, 0.1) is 5.82 Å². The summed E-state index contributed by atoms with van der Waals surface area (Å²) in [5.74, 6) is 1.67. The van der Waals surface area contributed by atoms with Gasteiger partial charge in [-0.25, -0.2) is 13.9 Å². The van der Waals surface area contributed by atoms with Gasteiger partial charge in [0.05, 0.1) is 7.11 Å². The molecule has 28 heavy (non-hydrogen) atoms. The molecule has 0 unspecified atom stereocenters. The SMILES string of the molecule is COc1ccc(F)cc1-c1ccc2nc([C@H]3CCCN(C4CCC4)C3)nn2c1. The average Bonchev–Trinajstić information content (AvgIpc) is 3.10. The highest BCUT2D eigenvalue weighted by atomic mass is 19.1. The maximum atomic E-state index is 13.8. The second kappa shape index (κ2) is 7.17. The fraction of sp³-hybridized carbons (Fsp3) is 0.455. The van der Waals surface area contributed by atoms with Crippen LogP contribution >= 0.6 is 0 Å². The predicted molar refractivity (Wildman–Crippen MR) is 106 cm³/mol. The van der Waals surface area contributed by atoms with Crippen LogP contribution in [0.2, 0.25) is 0 Å². The van der Waals surface area contributed by atoms with Gasteiger partial charge in [0.25, 0.3) is 0 Å². The van der Waals surface area contributed by atoms with Crippen molar-refractivity contribution >= 4 is 5.65 Å². The zero-order valence-electron chi connectivity index (χ0n) is 16.1. The number of aromatic nitrogens is 3. The Bertz CT molecular complexity index is 997. The second-order valence-electron chi connectivity index (χ2n) is 7.95. The molecular formula is C22H25FN4O. The van der Waals surface area contributed by atoms with Gasteiger partial charge < -0.3 is 4.74 Å². The van der Waals surface area contributed by atoms with Crippen molar-refractivity contribution in [1.82, 2.24) is 19.5 Å². The fourth-order valence-corrected chi connectivity index (χ4v) is 4.44. The predicted octanol–water partition coefficient (Wildman–Crippen LogP) is 4.28. The van der Waals surface area contributed by atoms with Crippen molar-refractivity contribution in [2.45, 2.75) is 44.1 Å². The topological polar surface area (TPSA) is 42.7 Å². The molecule has 0 spiro atoms. The molecule has 5 rings (SSSR count). The van der Waals surface area contributed by atoms with Crippen LogP contribution in [-0.4, -0.2) is 45.7 Å². The third-order valence-electron chi connectivity index (χ3n) is 6.23. The van der Waals surface area contributed by atoms with E-state index in [-0.39, 0.29) is 5.82 Å². The molecule has 0 N–H and O–H groups in total. The molecule has 3 heterocycles. The first-order valence-corrected chi connectivity index (χ1v) is 10.2. The lowest BCUT2D eigenvalue weighted by atomic mass is 9.87. The largest absolute Gasteiger partial charge is 0.496 e. The Kier molecular flexibility index (Phi) is 4.51. The van der Waals surface area contributed by atoms with Crippen molar-refractivity contribution in [1.29, 1.82) is 0 Å².